The van der Waals surface area contributed by atoms with Crippen LogP contribution >= 0.6 is 0 Å². The number of benzene rings is 3. The van der Waals surface area contributed by atoms with Crippen molar-refractivity contribution in [1.29, 1.82) is 10.5 Å². The van der Waals surface area contributed by atoms with Gasteiger partial charge in [-0.1, -0.05) is 29.8 Å². The molecule has 146 valence electrons. The quantitative estimate of drug-likeness (QED) is 0.479. The molecule has 0 bridgehead atoms. The molecule has 0 aliphatic carbocycles. The first-order chi connectivity index (χ1) is 13.6. The van der Waals surface area contributed by atoms with Crippen molar-refractivity contribution in [2.45, 2.75) is 25.9 Å². The maximum absolute atomic E-state index is 13.4. The van der Waals surface area contributed by atoms with Gasteiger partial charge in [-0.3, -0.25) is 0 Å². The summed E-state index contributed by atoms with van der Waals surface area (Å²) in [4.78, 5) is 0. The van der Waals surface area contributed by atoms with E-state index in [1.54, 1.807) is 25.1 Å². The van der Waals surface area contributed by atoms with Gasteiger partial charge in [0.05, 0.1) is 16.7 Å². The van der Waals surface area contributed by atoms with Gasteiger partial charge in [-0.25, -0.2) is 8.78 Å². The van der Waals surface area contributed by atoms with Crippen LogP contribution in [-0.4, -0.2) is 6.43 Å². The van der Waals surface area contributed by atoms with E-state index in [4.69, 9.17) is 0 Å². The molecule has 0 saturated carbocycles. The maximum atomic E-state index is 13.4. The molecule has 0 fully saturated rings. The lowest BCUT2D eigenvalue weighted by Crippen LogP contribution is -2.08. The van der Waals surface area contributed by atoms with Crippen LogP contribution < -0.4 is 0 Å². The summed E-state index contributed by atoms with van der Waals surface area (Å²) in [7, 11) is 0. The summed E-state index contributed by atoms with van der Waals surface area (Å²) in [5.41, 5.74) is -0.465. The zero-order valence-electron chi connectivity index (χ0n) is 15.1. The average molecular weight is 400 g/mol. The van der Waals surface area contributed by atoms with Crippen molar-refractivity contribution < 1.29 is 22.0 Å². The monoisotopic (exact) mass is 400 g/mol. The molecular formula is C22H13F5N2. The second kappa shape index (κ2) is 7.52. The Morgan fingerprint density at radius 2 is 1.69 bits per heavy atom. The van der Waals surface area contributed by atoms with Gasteiger partial charge in [0.2, 0.25) is 6.43 Å². The number of alkyl halides is 5. The summed E-state index contributed by atoms with van der Waals surface area (Å²) in [5, 5.41) is 20.1. The van der Waals surface area contributed by atoms with Crippen LogP contribution in [0.3, 0.4) is 0 Å². The van der Waals surface area contributed by atoms with Crippen molar-refractivity contribution in [2.24, 2.45) is 0 Å². The lowest BCUT2D eigenvalue weighted by Gasteiger charge is -2.16. The first kappa shape index (κ1) is 20.3. The van der Waals surface area contributed by atoms with Crippen LogP contribution in [0.2, 0.25) is 0 Å². The zero-order valence-corrected chi connectivity index (χ0v) is 15.1. The standard InChI is InChI=1S/C22H13F5N2/c1-12-2-3-14-8-16(10-28)19(11-29)21(18(14)4-12)15-5-13(7-20(23)24)6-17(9-15)22(25,26)27/h2-6,8-9,20H,7H2,1H3. The van der Waals surface area contributed by atoms with Gasteiger partial charge in [0, 0.05) is 12.0 Å². The Morgan fingerprint density at radius 3 is 2.28 bits per heavy atom. The number of rotatable bonds is 3. The normalized spacial score (nSPS) is 11.5. The molecule has 0 heterocycles. The molecule has 29 heavy (non-hydrogen) atoms. The molecule has 0 aliphatic heterocycles. The van der Waals surface area contributed by atoms with E-state index in [0.29, 0.717) is 16.8 Å². The molecule has 0 radical (unpaired) electrons. The smallest absolute Gasteiger partial charge is 0.210 e. The molecule has 2 nitrogen and oxygen atoms in total. The topological polar surface area (TPSA) is 47.6 Å². The highest BCUT2D eigenvalue weighted by molar-refractivity contribution is 6.01. The van der Waals surface area contributed by atoms with E-state index in [1.165, 1.54) is 12.1 Å². The summed E-state index contributed by atoms with van der Waals surface area (Å²) < 4.78 is 66.0. The molecule has 3 aromatic carbocycles. The summed E-state index contributed by atoms with van der Waals surface area (Å²) in [5.74, 6) is 0. The van der Waals surface area contributed by atoms with Crippen LogP contribution in [0.15, 0.2) is 42.5 Å². The van der Waals surface area contributed by atoms with Crippen LogP contribution in [0.1, 0.15) is 27.8 Å². The molecule has 0 unspecified atom stereocenters. The number of aryl methyl sites for hydroxylation is 1. The molecule has 3 rings (SSSR count). The van der Waals surface area contributed by atoms with Crippen molar-refractivity contribution in [3.8, 4) is 23.3 Å². The Kier molecular flexibility index (Phi) is 5.26. The molecule has 0 saturated heterocycles. The lowest BCUT2D eigenvalue weighted by molar-refractivity contribution is -0.137. The van der Waals surface area contributed by atoms with Crippen molar-refractivity contribution in [3.05, 3.63) is 70.3 Å². The first-order valence-corrected chi connectivity index (χ1v) is 8.51. The molecule has 0 aliphatic rings. The Hall–Kier alpha value is -3.45. The van der Waals surface area contributed by atoms with E-state index < -0.39 is 24.6 Å². The van der Waals surface area contributed by atoms with E-state index in [-0.39, 0.29) is 27.8 Å². The summed E-state index contributed by atoms with van der Waals surface area (Å²) in [6, 6.07) is 13.2. The summed E-state index contributed by atoms with van der Waals surface area (Å²) in [6.07, 6.45) is -8.43. The second-order valence-electron chi connectivity index (χ2n) is 6.63. The lowest BCUT2D eigenvalue weighted by atomic mass is 9.88. The minimum atomic E-state index is -4.75. The largest absolute Gasteiger partial charge is 0.416 e. The SMILES string of the molecule is Cc1ccc2cc(C#N)c(C#N)c(-c3cc(CC(F)F)cc(C(F)(F)F)c3)c2c1. The van der Waals surface area contributed by atoms with Gasteiger partial charge in [-0.05, 0) is 47.0 Å². The van der Waals surface area contributed by atoms with Crippen molar-refractivity contribution in [2.75, 3.05) is 0 Å². The van der Waals surface area contributed by atoms with Gasteiger partial charge < -0.3 is 0 Å². The minimum Gasteiger partial charge on any atom is -0.210 e. The van der Waals surface area contributed by atoms with Crippen molar-refractivity contribution >= 4 is 10.8 Å². The Balaban J connectivity index is 2.45. The Bertz CT molecular complexity index is 1180. The number of nitriles is 2. The second-order valence-corrected chi connectivity index (χ2v) is 6.63. The molecule has 0 amide bonds. The fourth-order valence-electron chi connectivity index (χ4n) is 3.31. The van der Waals surface area contributed by atoms with Crippen LogP contribution in [0.5, 0.6) is 0 Å². The Labute approximate surface area is 163 Å². The van der Waals surface area contributed by atoms with Gasteiger partial charge in [0.25, 0.3) is 0 Å². The highest BCUT2D eigenvalue weighted by atomic mass is 19.4. The first-order valence-electron chi connectivity index (χ1n) is 8.51. The van der Waals surface area contributed by atoms with E-state index in [9.17, 15) is 32.5 Å². The molecular weight excluding hydrogens is 387 g/mol. The number of nitrogens with zero attached hydrogens (tertiary/aromatic N) is 2. The van der Waals surface area contributed by atoms with E-state index in [1.807, 2.05) is 12.1 Å². The molecule has 0 spiro atoms. The van der Waals surface area contributed by atoms with Crippen LogP contribution in [0.25, 0.3) is 21.9 Å². The summed E-state index contributed by atoms with van der Waals surface area (Å²) in [6.45, 7) is 1.78. The van der Waals surface area contributed by atoms with Crippen LogP contribution in [0, 0.1) is 29.6 Å². The molecule has 0 N–H and O–H groups in total. The minimum absolute atomic E-state index is 0.00618. The molecule has 0 atom stereocenters. The van der Waals surface area contributed by atoms with Crippen molar-refractivity contribution in [1.82, 2.24) is 0 Å². The van der Waals surface area contributed by atoms with E-state index in [2.05, 4.69) is 0 Å². The number of fused-ring (bicyclic) bond motifs is 1. The zero-order chi connectivity index (χ0) is 21.3. The van der Waals surface area contributed by atoms with Gasteiger partial charge in [-0.2, -0.15) is 23.7 Å². The third-order valence-electron chi connectivity index (χ3n) is 4.53. The third-order valence-corrected chi connectivity index (χ3v) is 4.53. The fourth-order valence-corrected chi connectivity index (χ4v) is 3.31. The number of halogens is 5. The Morgan fingerprint density at radius 1 is 0.966 bits per heavy atom. The van der Waals surface area contributed by atoms with E-state index in [0.717, 1.165) is 11.6 Å². The highest BCUT2D eigenvalue weighted by Crippen LogP contribution is 2.39. The summed E-state index contributed by atoms with van der Waals surface area (Å²) >= 11 is 0. The highest BCUT2D eigenvalue weighted by Gasteiger charge is 2.32. The third kappa shape index (κ3) is 4.05. The predicted molar refractivity (Wildman–Crippen MR) is 98.3 cm³/mol. The van der Waals surface area contributed by atoms with Gasteiger partial charge in [-0.15, -0.1) is 0 Å². The molecule has 3 aromatic rings. The predicted octanol–water partition coefficient (Wildman–Crippen LogP) is 6.38. The number of hydrogen-bond donors (Lipinski definition) is 0. The van der Waals surface area contributed by atoms with Gasteiger partial charge >= 0.3 is 6.18 Å². The van der Waals surface area contributed by atoms with Crippen molar-refractivity contribution in [3.63, 3.8) is 0 Å². The number of hydrogen-bond acceptors (Lipinski definition) is 2. The van der Waals surface area contributed by atoms with Gasteiger partial charge in [0.15, 0.2) is 0 Å². The van der Waals surface area contributed by atoms with Crippen LogP contribution in [0.4, 0.5) is 22.0 Å². The van der Waals surface area contributed by atoms with E-state index >= 15 is 0 Å². The molecule has 0 aromatic heterocycles. The average Bonchev–Trinajstić information content (AvgIpc) is 2.64. The molecule has 7 heteroatoms. The van der Waals surface area contributed by atoms with Gasteiger partial charge in [0.1, 0.15) is 12.1 Å². The van der Waals surface area contributed by atoms with Crippen LogP contribution in [-0.2, 0) is 12.6 Å². The maximum Gasteiger partial charge on any atom is 0.416 e. The fraction of sp³-hybridized carbons (Fsp3) is 0.182.